The van der Waals surface area contributed by atoms with Crippen LogP contribution in [0.4, 0.5) is 13.2 Å². The maximum Gasteiger partial charge on any atom is 0.393 e. The summed E-state index contributed by atoms with van der Waals surface area (Å²) in [7, 11) is 0. The summed E-state index contributed by atoms with van der Waals surface area (Å²) in [6.07, 6.45) is -4.99. The predicted octanol–water partition coefficient (Wildman–Crippen LogP) is 0.564. The van der Waals surface area contributed by atoms with Crippen molar-refractivity contribution in [2.45, 2.75) is 12.6 Å². The van der Waals surface area contributed by atoms with E-state index in [9.17, 15) is 18.0 Å². The molecule has 0 saturated heterocycles. The van der Waals surface area contributed by atoms with Crippen molar-refractivity contribution in [1.82, 2.24) is 0 Å². The number of rotatable bonds is 1. The van der Waals surface area contributed by atoms with Gasteiger partial charge in [-0.15, -0.1) is 0 Å². The molecule has 0 aromatic carbocycles. The number of primary amides is 1. The van der Waals surface area contributed by atoms with Crippen LogP contribution in [0.1, 0.15) is 6.42 Å². The predicted molar refractivity (Wildman–Crippen MR) is 31.4 cm³/mol. The van der Waals surface area contributed by atoms with Crippen molar-refractivity contribution >= 4 is 5.91 Å². The van der Waals surface area contributed by atoms with Gasteiger partial charge in [0.1, 0.15) is 5.41 Å². The van der Waals surface area contributed by atoms with Crippen LogP contribution in [0.3, 0.4) is 0 Å². The lowest BCUT2D eigenvalue weighted by atomic mass is 10.1. The molecule has 6 heteroatoms. The Morgan fingerprint density at radius 3 is 2.25 bits per heavy atom. The van der Waals surface area contributed by atoms with E-state index < -0.39 is 29.8 Å². The van der Waals surface area contributed by atoms with E-state index in [1.807, 2.05) is 0 Å². The van der Waals surface area contributed by atoms with Crippen molar-refractivity contribution in [3.05, 3.63) is 0 Å². The van der Waals surface area contributed by atoms with Crippen LogP contribution in [0.15, 0.2) is 0 Å². The summed E-state index contributed by atoms with van der Waals surface area (Å²) in [6.45, 7) is 0. The molecule has 1 aliphatic carbocycles. The zero-order chi connectivity index (χ0) is 9.57. The molecule has 3 nitrogen and oxygen atoms in total. The summed E-state index contributed by atoms with van der Waals surface area (Å²) < 4.78 is 35.8. The van der Waals surface area contributed by atoms with Crippen molar-refractivity contribution < 1.29 is 18.0 Å². The monoisotopic (exact) mass is 178 g/mol. The molecule has 2 unspecified atom stereocenters. The van der Waals surface area contributed by atoms with E-state index in [1.165, 1.54) is 6.07 Å². The molecule has 12 heavy (non-hydrogen) atoms. The van der Waals surface area contributed by atoms with Gasteiger partial charge in [0, 0.05) is 0 Å². The van der Waals surface area contributed by atoms with Crippen LogP contribution in [0, 0.1) is 22.7 Å². The molecule has 66 valence electrons. The minimum atomic E-state index is -4.50. The number of carbonyl (C=O) groups is 1. The second-order valence-electron chi connectivity index (χ2n) is 2.75. The third-order valence-corrected chi connectivity index (χ3v) is 2.00. The molecule has 0 radical (unpaired) electrons. The first-order chi connectivity index (χ1) is 5.34. The molecule has 0 aliphatic heterocycles. The van der Waals surface area contributed by atoms with Crippen molar-refractivity contribution in [1.29, 1.82) is 5.26 Å². The molecule has 1 fully saturated rings. The van der Waals surface area contributed by atoms with Gasteiger partial charge < -0.3 is 5.73 Å². The smallest absolute Gasteiger partial charge is 0.368 e. The Labute approximate surface area is 65.9 Å². The third kappa shape index (κ3) is 1.02. The summed E-state index contributed by atoms with van der Waals surface area (Å²) in [5.74, 6) is -3.06. The third-order valence-electron chi connectivity index (χ3n) is 2.00. The molecular weight excluding hydrogens is 173 g/mol. The summed E-state index contributed by atoms with van der Waals surface area (Å²) in [6, 6.07) is 1.31. The second kappa shape index (κ2) is 2.12. The van der Waals surface area contributed by atoms with E-state index >= 15 is 0 Å². The fraction of sp³-hybridized carbons (Fsp3) is 0.667. The molecule has 1 saturated carbocycles. The molecule has 0 bridgehead atoms. The molecule has 1 amide bonds. The summed E-state index contributed by atoms with van der Waals surface area (Å²) in [5.41, 5.74) is 2.68. The van der Waals surface area contributed by atoms with E-state index in [0.29, 0.717) is 0 Å². The minimum Gasteiger partial charge on any atom is -0.368 e. The first kappa shape index (κ1) is 8.84. The minimum absolute atomic E-state index is 0.498. The number of nitriles is 1. The van der Waals surface area contributed by atoms with E-state index in [1.54, 1.807) is 0 Å². The first-order valence-corrected chi connectivity index (χ1v) is 3.12. The van der Waals surface area contributed by atoms with Crippen LogP contribution in [0.2, 0.25) is 0 Å². The fourth-order valence-corrected chi connectivity index (χ4v) is 1.11. The number of nitrogens with zero attached hydrogens (tertiary/aromatic N) is 1. The van der Waals surface area contributed by atoms with Gasteiger partial charge in [0.25, 0.3) is 0 Å². The second-order valence-corrected chi connectivity index (χ2v) is 2.75. The summed E-state index contributed by atoms with van der Waals surface area (Å²) >= 11 is 0. The molecule has 2 atom stereocenters. The number of hydrogen-bond donors (Lipinski definition) is 1. The highest BCUT2D eigenvalue weighted by Gasteiger charge is 2.71. The number of halogens is 3. The highest BCUT2D eigenvalue weighted by Crippen LogP contribution is 2.59. The van der Waals surface area contributed by atoms with Gasteiger partial charge in [-0.25, -0.2) is 0 Å². The Kier molecular flexibility index (Phi) is 1.56. The quantitative estimate of drug-likeness (QED) is 0.637. The van der Waals surface area contributed by atoms with Crippen molar-refractivity contribution in [3.63, 3.8) is 0 Å². The average molecular weight is 178 g/mol. The maximum absolute atomic E-state index is 11.9. The number of amides is 1. The van der Waals surface area contributed by atoms with Gasteiger partial charge in [-0.2, -0.15) is 18.4 Å². The maximum atomic E-state index is 11.9. The standard InChI is InChI=1S/C6H5F3N2O/c7-6(8,9)3-1-5(3,2-10)4(11)12/h3H,1H2,(H2,11,12). The van der Waals surface area contributed by atoms with Crippen LogP contribution in [-0.2, 0) is 4.79 Å². The van der Waals surface area contributed by atoms with Gasteiger partial charge in [0.15, 0.2) is 0 Å². The molecule has 0 spiro atoms. The van der Waals surface area contributed by atoms with Gasteiger partial charge >= 0.3 is 6.18 Å². The zero-order valence-corrected chi connectivity index (χ0v) is 5.85. The van der Waals surface area contributed by atoms with E-state index in [4.69, 9.17) is 5.26 Å². The van der Waals surface area contributed by atoms with E-state index in [-0.39, 0.29) is 0 Å². The Morgan fingerprint density at radius 1 is 1.67 bits per heavy atom. The molecule has 0 aromatic heterocycles. The molecule has 0 heterocycles. The largest absolute Gasteiger partial charge is 0.393 e. The molecular formula is C6H5F3N2O. The van der Waals surface area contributed by atoms with Crippen molar-refractivity contribution in [2.75, 3.05) is 0 Å². The van der Waals surface area contributed by atoms with Crippen LogP contribution >= 0.6 is 0 Å². The van der Waals surface area contributed by atoms with Gasteiger partial charge in [-0.05, 0) is 6.42 Å². The van der Waals surface area contributed by atoms with Crippen LogP contribution in [0.5, 0.6) is 0 Å². The summed E-state index contributed by atoms with van der Waals surface area (Å²) in [4.78, 5) is 10.5. The molecule has 1 rings (SSSR count). The molecule has 0 aromatic rings. The van der Waals surface area contributed by atoms with Gasteiger partial charge in [0.05, 0.1) is 12.0 Å². The fourth-order valence-electron chi connectivity index (χ4n) is 1.11. The van der Waals surface area contributed by atoms with E-state index in [0.717, 1.165) is 0 Å². The Bertz CT molecular complexity index is 267. The highest BCUT2D eigenvalue weighted by atomic mass is 19.4. The lowest BCUT2D eigenvalue weighted by molar-refractivity contribution is -0.157. The Balaban J connectivity index is 2.84. The average Bonchev–Trinajstić information content (AvgIpc) is 2.60. The summed E-state index contributed by atoms with van der Waals surface area (Å²) in [5, 5.41) is 8.31. The van der Waals surface area contributed by atoms with E-state index in [2.05, 4.69) is 5.73 Å². The van der Waals surface area contributed by atoms with Gasteiger partial charge in [-0.3, -0.25) is 4.79 Å². The Hall–Kier alpha value is -1.25. The molecule has 1 aliphatic rings. The number of alkyl halides is 3. The highest BCUT2D eigenvalue weighted by molar-refractivity contribution is 5.87. The topological polar surface area (TPSA) is 66.9 Å². The lowest BCUT2D eigenvalue weighted by Crippen LogP contribution is -2.29. The SMILES string of the molecule is N#CC1(C(N)=O)CC1C(F)(F)F. The first-order valence-electron chi connectivity index (χ1n) is 3.12. The van der Waals surface area contributed by atoms with Gasteiger partial charge in [0.2, 0.25) is 5.91 Å². The van der Waals surface area contributed by atoms with Crippen LogP contribution in [-0.4, -0.2) is 12.1 Å². The normalized spacial score (nSPS) is 34.0. The Morgan fingerprint density at radius 2 is 2.17 bits per heavy atom. The molecule has 2 N–H and O–H groups in total. The zero-order valence-electron chi connectivity index (χ0n) is 5.85. The van der Waals surface area contributed by atoms with Crippen LogP contribution < -0.4 is 5.73 Å². The lowest BCUT2D eigenvalue weighted by Gasteiger charge is -2.06. The number of nitrogens with two attached hydrogens (primary N) is 1. The van der Waals surface area contributed by atoms with Crippen molar-refractivity contribution in [2.24, 2.45) is 17.1 Å². The van der Waals surface area contributed by atoms with Gasteiger partial charge in [-0.1, -0.05) is 0 Å². The van der Waals surface area contributed by atoms with Crippen LogP contribution in [0.25, 0.3) is 0 Å². The van der Waals surface area contributed by atoms with Crippen molar-refractivity contribution in [3.8, 4) is 6.07 Å². The number of carbonyl (C=O) groups excluding carboxylic acids is 1. The number of hydrogen-bond acceptors (Lipinski definition) is 2.